The summed E-state index contributed by atoms with van der Waals surface area (Å²) in [4.78, 5) is 25.8. The predicted molar refractivity (Wildman–Crippen MR) is 53.6 cm³/mol. The molecule has 2 amide bonds. The highest BCUT2D eigenvalue weighted by Crippen LogP contribution is 2.03. The lowest BCUT2D eigenvalue weighted by Gasteiger charge is -2.30. The Bertz CT molecular complexity index is 280. The molecule has 1 aliphatic rings. The van der Waals surface area contributed by atoms with Crippen molar-refractivity contribution in [3.8, 4) is 0 Å². The first-order valence-corrected chi connectivity index (χ1v) is 4.70. The third-order valence-corrected chi connectivity index (χ3v) is 2.24. The van der Waals surface area contributed by atoms with Gasteiger partial charge in [0.2, 0.25) is 0 Å². The Morgan fingerprint density at radius 1 is 1.29 bits per heavy atom. The van der Waals surface area contributed by atoms with Crippen LogP contribution in [0.25, 0.3) is 0 Å². The van der Waals surface area contributed by atoms with Crippen LogP contribution in [0.2, 0.25) is 0 Å². The zero-order valence-corrected chi connectivity index (χ0v) is 8.91. The summed E-state index contributed by atoms with van der Waals surface area (Å²) in [6, 6.07) is 0. The highest BCUT2D eigenvalue weighted by Gasteiger charge is 2.29. The van der Waals surface area contributed by atoms with Gasteiger partial charge in [-0.1, -0.05) is 11.6 Å². The second kappa shape index (κ2) is 4.26. The number of carbonyl (C=O) groups is 2. The van der Waals surface area contributed by atoms with Gasteiger partial charge in [0, 0.05) is 26.7 Å². The summed E-state index contributed by atoms with van der Waals surface area (Å²) in [7, 11) is 1.65. The van der Waals surface area contributed by atoms with Gasteiger partial charge in [-0.2, -0.15) is 0 Å². The first-order chi connectivity index (χ1) is 6.52. The molecule has 78 valence electrons. The molecule has 0 aromatic heterocycles. The molecule has 0 saturated carbocycles. The first-order valence-electron chi connectivity index (χ1n) is 4.70. The molecule has 0 aromatic rings. The van der Waals surface area contributed by atoms with Crippen molar-refractivity contribution in [1.82, 2.24) is 9.80 Å². The third kappa shape index (κ3) is 2.34. The molecule has 1 aliphatic heterocycles. The third-order valence-electron chi connectivity index (χ3n) is 2.24. The molecule has 0 atom stereocenters. The Hall–Kier alpha value is -1.32. The maximum atomic E-state index is 11.5. The lowest BCUT2D eigenvalue weighted by molar-refractivity contribution is -0.154. The molecule has 0 N–H and O–H groups in total. The van der Waals surface area contributed by atoms with Gasteiger partial charge in [0.05, 0.1) is 0 Å². The van der Waals surface area contributed by atoms with E-state index in [1.54, 1.807) is 11.9 Å². The van der Waals surface area contributed by atoms with Crippen molar-refractivity contribution < 1.29 is 9.59 Å². The van der Waals surface area contributed by atoms with E-state index in [2.05, 4.69) is 0 Å². The highest BCUT2D eigenvalue weighted by molar-refractivity contribution is 6.35. The standard InChI is InChI=1S/C10H16N2O2/c1-8(2)4-5-12-7-6-11(3)9(13)10(12)14/h4H,5-7H2,1-3H3. The molecular weight excluding hydrogens is 180 g/mol. The second-order valence-electron chi connectivity index (χ2n) is 3.76. The lowest BCUT2D eigenvalue weighted by Crippen LogP contribution is -2.52. The molecule has 14 heavy (non-hydrogen) atoms. The molecule has 1 fully saturated rings. The van der Waals surface area contributed by atoms with Gasteiger partial charge in [-0.3, -0.25) is 9.59 Å². The quantitative estimate of drug-likeness (QED) is 0.469. The van der Waals surface area contributed by atoms with E-state index in [9.17, 15) is 9.59 Å². The van der Waals surface area contributed by atoms with E-state index in [0.29, 0.717) is 19.6 Å². The van der Waals surface area contributed by atoms with Gasteiger partial charge in [0.25, 0.3) is 0 Å². The number of hydrogen-bond donors (Lipinski definition) is 0. The predicted octanol–water partition coefficient (Wildman–Crippen LogP) is 0.253. The largest absolute Gasteiger partial charge is 0.336 e. The Morgan fingerprint density at radius 3 is 2.50 bits per heavy atom. The fraction of sp³-hybridized carbons (Fsp3) is 0.600. The van der Waals surface area contributed by atoms with Crippen LogP contribution in [-0.4, -0.2) is 48.3 Å². The number of hydrogen-bond acceptors (Lipinski definition) is 2. The molecule has 0 aliphatic carbocycles. The van der Waals surface area contributed by atoms with Gasteiger partial charge in [-0.05, 0) is 13.8 Å². The number of piperazine rings is 1. The Kier molecular flexibility index (Phi) is 3.28. The minimum atomic E-state index is -0.404. The Labute approximate surface area is 84.2 Å². The molecule has 4 heteroatoms. The van der Waals surface area contributed by atoms with Gasteiger partial charge >= 0.3 is 11.8 Å². The number of amides is 2. The van der Waals surface area contributed by atoms with Crippen LogP contribution in [-0.2, 0) is 9.59 Å². The van der Waals surface area contributed by atoms with Gasteiger partial charge in [0.15, 0.2) is 0 Å². The van der Waals surface area contributed by atoms with Crippen LogP contribution in [0.15, 0.2) is 11.6 Å². The smallest absolute Gasteiger partial charge is 0.312 e. The number of allylic oxidation sites excluding steroid dienone is 1. The molecule has 0 spiro atoms. The Morgan fingerprint density at radius 2 is 1.93 bits per heavy atom. The van der Waals surface area contributed by atoms with Crippen molar-refractivity contribution in [2.45, 2.75) is 13.8 Å². The summed E-state index contributed by atoms with van der Waals surface area (Å²) >= 11 is 0. The molecule has 0 bridgehead atoms. The van der Waals surface area contributed by atoms with Gasteiger partial charge in [-0.15, -0.1) is 0 Å². The van der Waals surface area contributed by atoms with Crippen molar-refractivity contribution in [2.75, 3.05) is 26.7 Å². The summed E-state index contributed by atoms with van der Waals surface area (Å²) < 4.78 is 0. The highest BCUT2D eigenvalue weighted by atomic mass is 16.2. The van der Waals surface area contributed by atoms with E-state index in [0.717, 1.165) is 5.57 Å². The first kappa shape index (κ1) is 10.8. The molecule has 1 heterocycles. The molecule has 0 unspecified atom stereocenters. The topological polar surface area (TPSA) is 40.6 Å². The van der Waals surface area contributed by atoms with E-state index in [1.807, 2.05) is 19.9 Å². The zero-order chi connectivity index (χ0) is 10.7. The van der Waals surface area contributed by atoms with Crippen LogP contribution >= 0.6 is 0 Å². The van der Waals surface area contributed by atoms with Crippen LogP contribution in [0.3, 0.4) is 0 Å². The molecule has 4 nitrogen and oxygen atoms in total. The summed E-state index contributed by atoms with van der Waals surface area (Å²) in [6.07, 6.45) is 1.95. The molecule has 1 saturated heterocycles. The number of carbonyl (C=O) groups excluding carboxylic acids is 2. The van der Waals surface area contributed by atoms with Crippen LogP contribution in [0.5, 0.6) is 0 Å². The van der Waals surface area contributed by atoms with Crippen molar-refractivity contribution in [3.05, 3.63) is 11.6 Å². The van der Waals surface area contributed by atoms with Crippen LogP contribution in [0.4, 0.5) is 0 Å². The Balaban J connectivity index is 2.60. The minimum Gasteiger partial charge on any atom is -0.336 e. The average Bonchev–Trinajstić information content (AvgIpc) is 2.13. The number of nitrogens with zero attached hydrogens (tertiary/aromatic N) is 2. The van der Waals surface area contributed by atoms with Gasteiger partial charge in [0.1, 0.15) is 0 Å². The lowest BCUT2D eigenvalue weighted by atomic mass is 10.2. The fourth-order valence-electron chi connectivity index (χ4n) is 1.24. The second-order valence-corrected chi connectivity index (χ2v) is 3.76. The number of likely N-dealkylation sites (N-methyl/N-ethyl adjacent to an activating group) is 1. The van der Waals surface area contributed by atoms with Crippen molar-refractivity contribution >= 4 is 11.8 Å². The van der Waals surface area contributed by atoms with Crippen molar-refractivity contribution in [3.63, 3.8) is 0 Å². The normalized spacial score (nSPS) is 17.4. The maximum Gasteiger partial charge on any atom is 0.312 e. The summed E-state index contributed by atoms with van der Waals surface area (Å²) in [5.41, 5.74) is 1.16. The SMILES string of the molecule is CC(C)=CCN1CCN(C)C(=O)C1=O. The monoisotopic (exact) mass is 196 g/mol. The van der Waals surface area contributed by atoms with Crippen LogP contribution in [0.1, 0.15) is 13.8 Å². The minimum absolute atomic E-state index is 0.392. The molecule has 0 aromatic carbocycles. The van der Waals surface area contributed by atoms with Gasteiger partial charge < -0.3 is 9.80 Å². The summed E-state index contributed by atoms with van der Waals surface area (Å²) in [5.74, 6) is -0.797. The van der Waals surface area contributed by atoms with E-state index >= 15 is 0 Å². The van der Waals surface area contributed by atoms with Crippen molar-refractivity contribution in [2.24, 2.45) is 0 Å². The fourth-order valence-corrected chi connectivity index (χ4v) is 1.24. The van der Waals surface area contributed by atoms with Crippen LogP contribution in [0, 0.1) is 0 Å². The molecule has 1 rings (SSSR count). The van der Waals surface area contributed by atoms with Crippen molar-refractivity contribution in [1.29, 1.82) is 0 Å². The van der Waals surface area contributed by atoms with E-state index in [-0.39, 0.29) is 0 Å². The summed E-state index contributed by atoms with van der Waals surface area (Å²) in [6.45, 7) is 5.75. The molecule has 0 radical (unpaired) electrons. The number of rotatable bonds is 2. The van der Waals surface area contributed by atoms with Gasteiger partial charge in [-0.25, -0.2) is 0 Å². The van der Waals surface area contributed by atoms with E-state index < -0.39 is 11.8 Å². The molecular formula is C10H16N2O2. The van der Waals surface area contributed by atoms with E-state index in [1.165, 1.54) is 4.90 Å². The maximum absolute atomic E-state index is 11.5. The van der Waals surface area contributed by atoms with Crippen LogP contribution < -0.4 is 0 Å². The summed E-state index contributed by atoms with van der Waals surface area (Å²) in [5, 5.41) is 0. The zero-order valence-electron chi connectivity index (χ0n) is 8.91. The van der Waals surface area contributed by atoms with E-state index in [4.69, 9.17) is 0 Å². The average molecular weight is 196 g/mol.